The minimum absolute atomic E-state index is 0.243. The minimum atomic E-state index is -0.824. The van der Waals surface area contributed by atoms with Crippen LogP contribution in [0.15, 0.2) is 24.3 Å². The van der Waals surface area contributed by atoms with Crippen molar-refractivity contribution in [1.29, 1.82) is 0 Å². The highest BCUT2D eigenvalue weighted by atomic mass is 33.1. The molecule has 1 N–H and O–H groups in total. The van der Waals surface area contributed by atoms with Crippen LogP contribution in [0, 0.1) is 5.92 Å². The summed E-state index contributed by atoms with van der Waals surface area (Å²) in [5.41, 5.74) is 0. The maximum atomic E-state index is 11.5. The number of nitrogens with one attached hydrogen (secondary N) is 1. The number of fused-ring (bicyclic) bond motifs is 1. The van der Waals surface area contributed by atoms with Crippen molar-refractivity contribution < 1.29 is 9.59 Å². The van der Waals surface area contributed by atoms with Crippen molar-refractivity contribution in [2.45, 2.75) is 4.75 Å². The molecule has 0 bridgehead atoms. The van der Waals surface area contributed by atoms with Crippen LogP contribution in [0.5, 0.6) is 0 Å². The van der Waals surface area contributed by atoms with Crippen LogP contribution in [0.4, 0.5) is 0 Å². The summed E-state index contributed by atoms with van der Waals surface area (Å²) in [4.78, 5) is 22.8. The van der Waals surface area contributed by atoms with E-state index < -0.39 is 10.7 Å². The fourth-order valence-corrected chi connectivity index (χ4v) is 2.88. The van der Waals surface area contributed by atoms with Gasteiger partial charge in [0, 0.05) is 0 Å². The normalized spacial score (nSPS) is 36.2. The Kier molecular flexibility index (Phi) is 2.00. The highest BCUT2D eigenvalue weighted by Gasteiger charge is 2.53. The number of carbonyl (C=O) groups excluding carboxylic acids is 2. The van der Waals surface area contributed by atoms with Gasteiger partial charge < -0.3 is 0 Å². The van der Waals surface area contributed by atoms with Gasteiger partial charge in [0.1, 0.15) is 4.75 Å². The molecule has 0 radical (unpaired) electrons. The molecule has 2 atom stereocenters. The van der Waals surface area contributed by atoms with Crippen LogP contribution in [-0.2, 0) is 9.59 Å². The van der Waals surface area contributed by atoms with Crippen molar-refractivity contribution in [3.8, 4) is 0 Å². The van der Waals surface area contributed by atoms with Gasteiger partial charge in [-0.15, -0.1) is 11.7 Å². The van der Waals surface area contributed by atoms with Crippen molar-refractivity contribution in [2.75, 3.05) is 0 Å². The molecule has 1 fully saturated rings. The summed E-state index contributed by atoms with van der Waals surface area (Å²) in [5, 5.41) is 2.30. The van der Waals surface area contributed by atoms with Gasteiger partial charge in [-0.3, -0.25) is 14.9 Å². The molecule has 1 heterocycles. The second kappa shape index (κ2) is 2.92. The van der Waals surface area contributed by atoms with E-state index in [-0.39, 0.29) is 11.8 Å². The third kappa shape index (κ3) is 1.07. The van der Waals surface area contributed by atoms with Gasteiger partial charge in [0.2, 0.25) is 11.8 Å². The van der Waals surface area contributed by atoms with Crippen molar-refractivity contribution in [2.24, 2.45) is 5.92 Å². The zero-order valence-electron chi connectivity index (χ0n) is 6.56. The van der Waals surface area contributed by atoms with Crippen LogP contribution in [0.2, 0.25) is 0 Å². The Morgan fingerprint density at radius 2 is 2.23 bits per heavy atom. The molecule has 2 amide bonds. The number of hydrogen-bond donors (Lipinski definition) is 2. The molecular formula is C8H7NO2S2. The number of carbonyl (C=O) groups is 2. The second-order valence-corrected chi connectivity index (χ2v) is 4.33. The molecule has 0 aromatic rings. The van der Waals surface area contributed by atoms with E-state index in [1.807, 2.05) is 0 Å². The van der Waals surface area contributed by atoms with Gasteiger partial charge in [-0.2, -0.15) is 0 Å². The van der Waals surface area contributed by atoms with Crippen molar-refractivity contribution in [3.05, 3.63) is 24.3 Å². The standard InChI is InChI=1S/C8H7NO2S2/c10-6-5-3-1-2-4-8(5,13-12)7(11)9-6/h1-5,12H,(H,9,10,11). The molecule has 0 aromatic carbocycles. The predicted molar refractivity (Wildman–Crippen MR) is 54.2 cm³/mol. The highest BCUT2D eigenvalue weighted by molar-refractivity contribution is 8.69. The summed E-state index contributed by atoms with van der Waals surface area (Å²) in [7, 11) is 1.10. The van der Waals surface area contributed by atoms with Crippen LogP contribution in [0.1, 0.15) is 0 Å². The largest absolute Gasteiger partial charge is 0.294 e. The molecule has 1 aliphatic heterocycles. The average molecular weight is 213 g/mol. The molecular weight excluding hydrogens is 206 g/mol. The van der Waals surface area contributed by atoms with Crippen molar-refractivity contribution >= 4 is 34.3 Å². The van der Waals surface area contributed by atoms with E-state index in [2.05, 4.69) is 17.0 Å². The molecule has 68 valence electrons. The van der Waals surface area contributed by atoms with Gasteiger partial charge in [-0.1, -0.05) is 35.1 Å². The van der Waals surface area contributed by atoms with Crippen LogP contribution < -0.4 is 5.32 Å². The number of rotatable bonds is 1. The lowest BCUT2D eigenvalue weighted by Crippen LogP contribution is -2.36. The maximum absolute atomic E-state index is 11.5. The Hall–Kier alpha value is -0.680. The van der Waals surface area contributed by atoms with Crippen LogP contribution in [0.25, 0.3) is 0 Å². The van der Waals surface area contributed by atoms with Crippen LogP contribution in [0.3, 0.4) is 0 Å². The molecule has 0 aromatic heterocycles. The first kappa shape index (κ1) is 8.90. The molecule has 5 heteroatoms. The zero-order valence-corrected chi connectivity index (χ0v) is 8.27. The van der Waals surface area contributed by atoms with E-state index in [4.69, 9.17) is 0 Å². The fourth-order valence-electron chi connectivity index (χ4n) is 1.54. The summed E-state index contributed by atoms with van der Waals surface area (Å²) in [6.07, 6.45) is 6.97. The van der Waals surface area contributed by atoms with E-state index in [1.165, 1.54) is 0 Å². The molecule has 0 spiro atoms. The maximum Gasteiger partial charge on any atom is 0.248 e. The average Bonchev–Trinajstić information content (AvgIpc) is 2.41. The Morgan fingerprint density at radius 1 is 1.46 bits per heavy atom. The van der Waals surface area contributed by atoms with Gasteiger partial charge in [0.25, 0.3) is 0 Å². The molecule has 2 aliphatic rings. The van der Waals surface area contributed by atoms with Crippen LogP contribution >= 0.6 is 22.5 Å². The second-order valence-electron chi connectivity index (χ2n) is 2.92. The summed E-state index contributed by atoms with van der Waals surface area (Å²) < 4.78 is -0.824. The van der Waals surface area contributed by atoms with Gasteiger partial charge >= 0.3 is 0 Å². The van der Waals surface area contributed by atoms with Gasteiger partial charge in [-0.25, -0.2) is 0 Å². The quantitative estimate of drug-likeness (QED) is 0.383. The molecule has 1 saturated heterocycles. The van der Waals surface area contributed by atoms with E-state index in [0.29, 0.717) is 0 Å². The van der Waals surface area contributed by atoms with Gasteiger partial charge in [-0.05, 0) is 0 Å². The molecule has 3 nitrogen and oxygen atoms in total. The van der Waals surface area contributed by atoms with Gasteiger partial charge in [0.05, 0.1) is 5.92 Å². The third-order valence-electron chi connectivity index (χ3n) is 2.25. The van der Waals surface area contributed by atoms with E-state index in [0.717, 1.165) is 10.8 Å². The Balaban J connectivity index is 2.49. The molecule has 0 saturated carbocycles. The molecule has 1 aliphatic carbocycles. The van der Waals surface area contributed by atoms with E-state index in [1.54, 1.807) is 24.3 Å². The van der Waals surface area contributed by atoms with Crippen molar-refractivity contribution in [3.63, 3.8) is 0 Å². The zero-order chi connectivity index (χ0) is 9.47. The lowest BCUT2D eigenvalue weighted by molar-refractivity contribution is -0.125. The molecule has 2 rings (SSSR count). The predicted octanol–water partition coefficient (Wildman–Crippen LogP) is 0.702. The fraction of sp³-hybridized carbons (Fsp3) is 0.250. The molecule has 13 heavy (non-hydrogen) atoms. The first-order chi connectivity index (χ1) is 6.20. The SMILES string of the molecule is O=C1NC(=O)C2(SS)C=CC=CC12. The smallest absolute Gasteiger partial charge is 0.248 e. The first-order valence-corrected chi connectivity index (χ1v) is 5.61. The topological polar surface area (TPSA) is 46.2 Å². The lowest BCUT2D eigenvalue weighted by Gasteiger charge is -2.24. The van der Waals surface area contributed by atoms with Crippen molar-refractivity contribution in [1.82, 2.24) is 5.32 Å². The Morgan fingerprint density at radius 3 is 2.85 bits per heavy atom. The van der Waals surface area contributed by atoms with E-state index in [9.17, 15) is 9.59 Å². The first-order valence-electron chi connectivity index (χ1n) is 3.74. The Labute approximate surface area is 84.5 Å². The lowest BCUT2D eigenvalue weighted by atomic mass is 9.90. The van der Waals surface area contributed by atoms with Crippen LogP contribution in [-0.4, -0.2) is 16.6 Å². The van der Waals surface area contributed by atoms with Gasteiger partial charge in [0.15, 0.2) is 0 Å². The summed E-state index contributed by atoms with van der Waals surface area (Å²) in [6, 6.07) is 0. The summed E-state index contributed by atoms with van der Waals surface area (Å²) in [6.45, 7) is 0. The number of hydrogen-bond acceptors (Lipinski definition) is 4. The minimum Gasteiger partial charge on any atom is -0.294 e. The van der Waals surface area contributed by atoms with E-state index >= 15 is 0 Å². The number of amides is 2. The monoisotopic (exact) mass is 213 g/mol. The highest BCUT2D eigenvalue weighted by Crippen LogP contribution is 2.43. The number of thiol groups is 1. The number of imide groups is 1. The third-order valence-corrected chi connectivity index (χ3v) is 4.03. The summed E-state index contributed by atoms with van der Waals surface area (Å²) >= 11 is 4.05. The number of allylic oxidation sites excluding steroid dienone is 2. The Bertz CT molecular complexity index is 337. The molecule has 2 unspecified atom stereocenters. The summed E-state index contributed by atoms with van der Waals surface area (Å²) in [5.74, 6) is -0.928.